The molecule has 3 heterocycles. The van der Waals surface area contributed by atoms with Gasteiger partial charge in [0, 0.05) is 11.9 Å². The summed E-state index contributed by atoms with van der Waals surface area (Å²) in [6.45, 7) is 2.34. The average Bonchev–Trinajstić information content (AvgIpc) is 3.38. The van der Waals surface area contributed by atoms with Crippen molar-refractivity contribution in [3.8, 4) is 11.4 Å². The molecule has 1 saturated heterocycles. The fourth-order valence-corrected chi connectivity index (χ4v) is 4.43. The molecule has 1 aliphatic rings. The van der Waals surface area contributed by atoms with Crippen molar-refractivity contribution in [1.29, 1.82) is 0 Å². The second kappa shape index (κ2) is 9.05. The number of carbonyl (C=O) groups excluding carboxylic acids is 2. The van der Waals surface area contributed by atoms with E-state index in [1.807, 2.05) is 13.0 Å². The minimum absolute atomic E-state index is 0.187. The summed E-state index contributed by atoms with van der Waals surface area (Å²) in [5, 5.41) is 2.76. The van der Waals surface area contributed by atoms with Crippen molar-refractivity contribution in [2.75, 3.05) is 25.1 Å². The van der Waals surface area contributed by atoms with Crippen LogP contribution in [-0.4, -0.2) is 42.9 Å². The Morgan fingerprint density at radius 2 is 2.09 bits per heavy atom. The number of methoxy groups -OCH3 is 1. The smallest absolute Gasteiger partial charge is 0.414 e. The molecule has 10 heteroatoms. The van der Waals surface area contributed by atoms with E-state index in [4.69, 9.17) is 21.1 Å². The number of aryl methyl sites for hydroxylation is 1. The highest BCUT2D eigenvalue weighted by molar-refractivity contribution is 7.18. The van der Waals surface area contributed by atoms with Gasteiger partial charge in [0.05, 0.1) is 35.1 Å². The first-order valence-electron chi connectivity index (χ1n) is 9.75. The van der Waals surface area contributed by atoms with Gasteiger partial charge in [0.1, 0.15) is 6.10 Å². The molecule has 2 amide bonds. The van der Waals surface area contributed by atoms with Gasteiger partial charge in [-0.1, -0.05) is 11.6 Å². The van der Waals surface area contributed by atoms with Crippen LogP contribution < -0.4 is 20.5 Å². The predicted octanol–water partition coefficient (Wildman–Crippen LogP) is 3.62. The van der Waals surface area contributed by atoms with Gasteiger partial charge in [-0.2, -0.15) is 0 Å². The topological polar surface area (TPSA) is 89.9 Å². The van der Waals surface area contributed by atoms with E-state index in [1.165, 1.54) is 27.9 Å². The Morgan fingerprint density at radius 3 is 2.78 bits per heavy atom. The highest BCUT2D eigenvalue weighted by atomic mass is 35.5. The summed E-state index contributed by atoms with van der Waals surface area (Å²) in [4.78, 5) is 39.1. The van der Waals surface area contributed by atoms with E-state index < -0.39 is 12.2 Å². The molecule has 4 rings (SSSR count). The molecule has 3 aromatic rings. The summed E-state index contributed by atoms with van der Waals surface area (Å²) >= 11 is 7.05. The van der Waals surface area contributed by atoms with Gasteiger partial charge in [-0.3, -0.25) is 19.1 Å². The number of ether oxygens (including phenoxy) is 2. The van der Waals surface area contributed by atoms with Crippen LogP contribution in [0.2, 0.25) is 4.34 Å². The molecule has 32 heavy (non-hydrogen) atoms. The van der Waals surface area contributed by atoms with E-state index in [1.54, 1.807) is 42.6 Å². The van der Waals surface area contributed by atoms with Crippen molar-refractivity contribution in [3.63, 3.8) is 0 Å². The van der Waals surface area contributed by atoms with Gasteiger partial charge < -0.3 is 14.8 Å². The molecule has 1 atom stereocenters. The van der Waals surface area contributed by atoms with Gasteiger partial charge in [-0.15, -0.1) is 11.3 Å². The van der Waals surface area contributed by atoms with Crippen LogP contribution in [-0.2, 0) is 4.74 Å². The lowest BCUT2D eigenvalue weighted by molar-refractivity contribution is 0.0920. The molecule has 1 fully saturated rings. The summed E-state index contributed by atoms with van der Waals surface area (Å²) in [5.74, 6) is -0.0193. The molecule has 0 unspecified atom stereocenters. The summed E-state index contributed by atoms with van der Waals surface area (Å²) in [6, 6.07) is 12.0. The van der Waals surface area contributed by atoms with Crippen LogP contribution in [0.1, 0.15) is 15.2 Å². The number of pyridine rings is 1. The zero-order valence-electron chi connectivity index (χ0n) is 17.3. The minimum atomic E-state index is -0.492. The second-order valence-corrected chi connectivity index (χ2v) is 8.87. The first-order valence-corrected chi connectivity index (χ1v) is 10.9. The summed E-state index contributed by atoms with van der Waals surface area (Å²) in [5.41, 5.74) is 1.86. The molecule has 0 spiro atoms. The number of benzene rings is 1. The number of aromatic nitrogens is 1. The first-order chi connectivity index (χ1) is 15.4. The monoisotopic (exact) mass is 473 g/mol. The lowest BCUT2D eigenvalue weighted by Crippen LogP contribution is -2.34. The number of cyclic esters (lactones) is 1. The number of nitrogens with one attached hydrogen (secondary N) is 1. The van der Waals surface area contributed by atoms with Crippen molar-refractivity contribution < 1.29 is 19.1 Å². The molecule has 166 valence electrons. The molecule has 0 aliphatic carbocycles. The maximum absolute atomic E-state index is 12.5. The number of rotatable bonds is 6. The van der Waals surface area contributed by atoms with E-state index in [-0.39, 0.29) is 23.8 Å². The van der Waals surface area contributed by atoms with Crippen LogP contribution in [0.3, 0.4) is 0 Å². The fourth-order valence-electron chi connectivity index (χ4n) is 3.47. The molecule has 8 nitrogen and oxygen atoms in total. The Morgan fingerprint density at radius 1 is 1.28 bits per heavy atom. The largest absolute Gasteiger partial charge is 0.491 e. The van der Waals surface area contributed by atoms with E-state index in [9.17, 15) is 14.4 Å². The van der Waals surface area contributed by atoms with Gasteiger partial charge in [-0.05, 0) is 55.0 Å². The van der Waals surface area contributed by atoms with Crippen molar-refractivity contribution in [2.24, 2.45) is 0 Å². The average molecular weight is 474 g/mol. The van der Waals surface area contributed by atoms with Crippen LogP contribution in [0.5, 0.6) is 5.75 Å². The molecule has 2 aromatic heterocycles. The zero-order chi connectivity index (χ0) is 22.8. The van der Waals surface area contributed by atoms with E-state index in [0.29, 0.717) is 27.1 Å². The summed E-state index contributed by atoms with van der Waals surface area (Å²) < 4.78 is 12.5. The third kappa shape index (κ3) is 4.35. The van der Waals surface area contributed by atoms with E-state index in [2.05, 4.69) is 5.32 Å². The second-order valence-electron chi connectivity index (χ2n) is 7.15. The normalized spacial score (nSPS) is 15.5. The summed E-state index contributed by atoms with van der Waals surface area (Å²) in [6.07, 6.45) is 0.688. The van der Waals surface area contributed by atoms with Crippen molar-refractivity contribution in [3.05, 3.63) is 73.8 Å². The lowest BCUT2D eigenvalue weighted by atomic mass is 10.1. The van der Waals surface area contributed by atoms with Crippen LogP contribution >= 0.6 is 22.9 Å². The van der Waals surface area contributed by atoms with Gasteiger partial charge >= 0.3 is 6.09 Å². The maximum Gasteiger partial charge on any atom is 0.414 e. The highest BCUT2D eigenvalue weighted by Crippen LogP contribution is 2.26. The van der Waals surface area contributed by atoms with E-state index >= 15 is 0 Å². The van der Waals surface area contributed by atoms with E-state index in [0.717, 1.165) is 5.56 Å². The molecular formula is C22H20ClN3O5S. The number of anilines is 1. The Labute approximate surface area is 192 Å². The van der Waals surface area contributed by atoms with Crippen LogP contribution in [0.25, 0.3) is 5.69 Å². The number of carbonyl (C=O) groups is 2. The number of halogens is 1. The van der Waals surface area contributed by atoms with Crippen molar-refractivity contribution in [1.82, 2.24) is 9.88 Å². The Bertz CT molecular complexity index is 1240. The predicted molar refractivity (Wildman–Crippen MR) is 123 cm³/mol. The molecule has 1 aromatic carbocycles. The third-order valence-electron chi connectivity index (χ3n) is 5.05. The van der Waals surface area contributed by atoms with Crippen molar-refractivity contribution in [2.45, 2.75) is 13.0 Å². The molecule has 0 radical (unpaired) electrons. The Hall–Kier alpha value is -3.30. The standard InChI is InChI=1S/C22H20ClN3O5S/c1-13-10-14(5-6-16(13)25-9-3-4-17(30-2)21(25)28)26-12-15(31-22(26)29)11-24-20(27)18-7-8-19(23)32-18/h3-10,15H,11-12H2,1-2H3,(H,24,27)/t15-/m0/s1. The summed E-state index contributed by atoms with van der Waals surface area (Å²) in [7, 11) is 1.45. The molecule has 1 aliphatic heterocycles. The van der Waals surface area contributed by atoms with Gasteiger partial charge in [0.25, 0.3) is 11.5 Å². The highest BCUT2D eigenvalue weighted by Gasteiger charge is 2.33. The number of nitrogens with zero attached hydrogens (tertiary/aromatic N) is 2. The SMILES string of the molecule is COc1cccn(-c2ccc(N3C[C@H](CNC(=O)c4ccc(Cl)s4)OC3=O)cc2C)c1=O. The van der Waals surface area contributed by atoms with Crippen LogP contribution in [0.15, 0.2) is 53.5 Å². The quantitative estimate of drug-likeness (QED) is 0.590. The third-order valence-corrected chi connectivity index (χ3v) is 6.28. The molecule has 1 N–H and O–H groups in total. The van der Waals surface area contributed by atoms with Gasteiger partial charge in [0.2, 0.25) is 0 Å². The number of thiophene rings is 1. The lowest BCUT2D eigenvalue weighted by Gasteiger charge is -2.16. The maximum atomic E-state index is 12.5. The Kier molecular flexibility index (Phi) is 6.20. The number of hydrogen-bond donors (Lipinski definition) is 1. The van der Waals surface area contributed by atoms with Gasteiger partial charge in [-0.25, -0.2) is 4.79 Å². The molecular weight excluding hydrogens is 454 g/mol. The molecule has 0 bridgehead atoms. The Balaban J connectivity index is 1.46. The van der Waals surface area contributed by atoms with Gasteiger partial charge in [0.15, 0.2) is 5.75 Å². The zero-order valence-corrected chi connectivity index (χ0v) is 18.9. The van der Waals surface area contributed by atoms with Crippen molar-refractivity contribution >= 4 is 40.6 Å². The fraction of sp³-hybridized carbons (Fsp3) is 0.227. The van der Waals surface area contributed by atoms with Crippen LogP contribution in [0, 0.1) is 6.92 Å². The minimum Gasteiger partial charge on any atom is -0.491 e. The number of amides is 2. The number of hydrogen-bond acceptors (Lipinski definition) is 6. The first kappa shape index (κ1) is 21.9. The van der Waals surface area contributed by atoms with Crippen LogP contribution in [0.4, 0.5) is 10.5 Å². The molecule has 0 saturated carbocycles.